The molecule has 0 aromatic rings. The van der Waals surface area contributed by atoms with Crippen LogP contribution in [-0.2, 0) is 4.79 Å². The maximum atomic E-state index is 10.3. The van der Waals surface area contributed by atoms with Crippen LogP contribution in [0.3, 0.4) is 0 Å². The smallest absolute Gasteiger partial charge is 0.332 e. The summed E-state index contributed by atoms with van der Waals surface area (Å²) in [4.78, 5) is 10.3. The monoisotopic (exact) mass is 155 g/mol. The van der Waals surface area contributed by atoms with Gasteiger partial charge in [-0.2, -0.15) is 0 Å². The van der Waals surface area contributed by atoms with E-state index in [-0.39, 0.29) is 11.1 Å². The SMILES string of the molecule is C=C(CNC1(C)CC1)C(=O)O. The number of hydrogen-bond donors (Lipinski definition) is 2. The van der Waals surface area contributed by atoms with Gasteiger partial charge >= 0.3 is 5.97 Å². The van der Waals surface area contributed by atoms with Crippen molar-refractivity contribution in [2.24, 2.45) is 0 Å². The predicted molar refractivity (Wildman–Crippen MR) is 42.4 cm³/mol. The van der Waals surface area contributed by atoms with Gasteiger partial charge in [0.1, 0.15) is 0 Å². The minimum Gasteiger partial charge on any atom is -0.478 e. The Labute approximate surface area is 66.1 Å². The molecule has 0 aromatic carbocycles. The van der Waals surface area contributed by atoms with E-state index in [9.17, 15) is 4.79 Å². The Hall–Kier alpha value is -0.830. The maximum Gasteiger partial charge on any atom is 0.332 e. The van der Waals surface area contributed by atoms with Crippen molar-refractivity contribution in [3.8, 4) is 0 Å². The van der Waals surface area contributed by atoms with Crippen molar-refractivity contribution in [1.82, 2.24) is 5.32 Å². The standard InChI is InChI=1S/C8H13NO2/c1-6(7(10)11)5-9-8(2)3-4-8/h9H,1,3-5H2,2H3,(H,10,11). The van der Waals surface area contributed by atoms with Crippen molar-refractivity contribution in [1.29, 1.82) is 0 Å². The van der Waals surface area contributed by atoms with Crippen molar-refractivity contribution >= 4 is 5.97 Å². The van der Waals surface area contributed by atoms with Gasteiger partial charge in [0.15, 0.2) is 0 Å². The molecule has 11 heavy (non-hydrogen) atoms. The molecule has 0 spiro atoms. The summed E-state index contributed by atoms with van der Waals surface area (Å²) < 4.78 is 0. The summed E-state index contributed by atoms with van der Waals surface area (Å²) in [6.45, 7) is 5.90. The fourth-order valence-corrected chi connectivity index (χ4v) is 0.760. The lowest BCUT2D eigenvalue weighted by molar-refractivity contribution is -0.132. The molecule has 0 unspecified atom stereocenters. The lowest BCUT2D eigenvalue weighted by Crippen LogP contribution is -2.31. The number of nitrogens with one attached hydrogen (secondary N) is 1. The van der Waals surface area contributed by atoms with Gasteiger partial charge in [-0.1, -0.05) is 6.58 Å². The highest BCUT2D eigenvalue weighted by atomic mass is 16.4. The average Bonchev–Trinajstić information content (AvgIpc) is 2.64. The highest BCUT2D eigenvalue weighted by Crippen LogP contribution is 2.34. The van der Waals surface area contributed by atoms with Crippen LogP contribution in [0.15, 0.2) is 12.2 Å². The molecular weight excluding hydrogens is 142 g/mol. The summed E-state index contributed by atoms with van der Waals surface area (Å²) in [5.41, 5.74) is 0.427. The lowest BCUT2D eigenvalue weighted by atomic mass is 10.2. The Morgan fingerprint density at radius 1 is 1.73 bits per heavy atom. The zero-order valence-electron chi connectivity index (χ0n) is 6.68. The van der Waals surface area contributed by atoms with Gasteiger partial charge in [0.05, 0.1) is 0 Å². The van der Waals surface area contributed by atoms with E-state index < -0.39 is 5.97 Å². The van der Waals surface area contributed by atoms with Gasteiger partial charge in [0.25, 0.3) is 0 Å². The molecule has 0 radical (unpaired) electrons. The molecule has 0 atom stereocenters. The van der Waals surface area contributed by atoms with E-state index in [0.717, 1.165) is 12.8 Å². The fraction of sp³-hybridized carbons (Fsp3) is 0.625. The minimum atomic E-state index is -0.915. The number of hydrogen-bond acceptors (Lipinski definition) is 2. The molecular formula is C8H13NO2. The first-order valence-corrected chi connectivity index (χ1v) is 3.70. The number of carboxylic acid groups (broad SMARTS) is 1. The van der Waals surface area contributed by atoms with Gasteiger partial charge in [-0.05, 0) is 19.8 Å². The van der Waals surface area contributed by atoms with Crippen LogP contribution in [0, 0.1) is 0 Å². The van der Waals surface area contributed by atoms with Gasteiger partial charge in [-0.3, -0.25) is 0 Å². The fourth-order valence-electron chi connectivity index (χ4n) is 0.760. The summed E-state index contributed by atoms with van der Waals surface area (Å²) in [5.74, 6) is -0.915. The van der Waals surface area contributed by atoms with Gasteiger partial charge < -0.3 is 10.4 Å². The molecule has 62 valence electrons. The van der Waals surface area contributed by atoms with Crippen LogP contribution < -0.4 is 5.32 Å². The van der Waals surface area contributed by atoms with Gasteiger partial charge in [0, 0.05) is 17.7 Å². The first-order chi connectivity index (χ1) is 5.03. The van der Waals surface area contributed by atoms with Crippen LogP contribution in [-0.4, -0.2) is 23.2 Å². The van der Waals surface area contributed by atoms with E-state index in [1.807, 2.05) is 0 Å². The first-order valence-electron chi connectivity index (χ1n) is 3.70. The zero-order chi connectivity index (χ0) is 8.48. The van der Waals surface area contributed by atoms with E-state index in [2.05, 4.69) is 18.8 Å². The normalized spacial score (nSPS) is 19.4. The van der Waals surface area contributed by atoms with Crippen molar-refractivity contribution in [2.75, 3.05) is 6.54 Å². The van der Waals surface area contributed by atoms with Crippen molar-refractivity contribution < 1.29 is 9.90 Å². The van der Waals surface area contributed by atoms with E-state index in [4.69, 9.17) is 5.11 Å². The molecule has 0 saturated heterocycles. The van der Waals surface area contributed by atoms with E-state index in [1.165, 1.54) is 0 Å². The highest BCUT2D eigenvalue weighted by molar-refractivity contribution is 5.86. The molecule has 0 amide bonds. The van der Waals surface area contributed by atoms with Crippen molar-refractivity contribution in [2.45, 2.75) is 25.3 Å². The zero-order valence-corrected chi connectivity index (χ0v) is 6.68. The highest BCUT2D eigenvalue weighted by Gasteiger charge is 2.36. The quantitative estimate of drug-likeness (QED) is 0.589. The molecule has 3 heteroatoms. The van der Waals surface area contributed by atoms with Crippen molar-refractivity contribution in [3.63, 3.8) is 0 Å². The summed E-state index contributed by atoms with van der Waals surface area (Å²) in [6, 6.07) is 0. The van der Waals surface area contributed by atoms with Crippen LogP contribution >= 0.6 is 0 Å². The topological polar surface area (TPSA) is 49.3 Å². The third-order valence-corrected chi connectivity index (χ3v) is 2.03. The molecule has 1 saturated carbocycles. The number of aliphatic carboxylic acids is 1. The summed E-state index contributed by atoms with van der Waals surface area (Å²) >= 11 is 0. The molecule has 0 aromatic heterocycles. The molecule has 0 bridgehead atoms. The maximum absolute atomic E-state index is 10.3. The van der Waals surface area contributed by atoms with Crippen LogP contribution in [0.4, 0.5) is 0 Å². The molecule has 0 aliphatic heterocycles. The molecule has 3 nitrogen and oxygen atoms in total. The molecule has 1 aliphatic rings. The van der Waals surface area contributed by atoms with E-state index in [0.29, 0.717) is 6.54 Å². The second kappa shape index (κ2) is 2.66. The van der Waals surface area contributed by atoms with Crippen LogP contribution in [0.25, 0.3) is 0 Å². The Morgan fingerprint density at radius 2 is 2.27 bits per heavy atom. The van der Waals surface area contributed by atoms with Gasteiger partial charge in [-0.25, -0.2) is 4.79 Å². The first kappa shape index (κ1) is 8.27. The summed E-state index contributed by atoms with van der Waals surface area (Å²) in [5, 5.41) is 11.6. The number of carbonyl (C=O) groups is 1. The number of carboxylic acids is 1. The second-order valence-electron chi connectivity index (χ2n) is 3.32. The van der Waals surface area contributed by atoms with Crippen molar-refractivity contribution in [3.05, 3.63) is 12.2 Å². The summed E-state index contributed by atoms with van der Waals surface area (Å²) in [7, 11) is 0. The predicted octanol–water partition coefficient (Wildman–Crippen LogP) is 0.769. The molecule has 1 fully saturated rings. The largest absolute Gasteiger partial charge is 0.478 e. The minimum absolute atomic E-state index is 0.193. The van der Waals surface area contributed by atoms with Gasteiger partial charge in [0.2, 0.25) is 0 Å². The lowest BCUT2D eigenvalue weighted by Gasteiger charge is -2.09. The van der Waals surface area contributed by atoms with E-state index >= 15 is 0 Å². The Balaban J connectivity index is 2.22. The second-order valence-corrected chi connectivity index (χ2v) is 3.32. The number of rotatable bonds is 4. The molecule has 2 N–H and O–H groups in total. The van der Waals surface area contributed by atoms with Gasteiger partial charge in [-0.15, -0.1) is 0 Å². The molecule has 1 aliphatic carbocycles. The van der Waals surface area contributed by atoms with Crippen LogP contribution in [0.2, 0.25) is 0 Å². The van der Waals surface area contributed by atoms with E-state index in [1.54, 1.807) is 0 Å². The van der Waals surface area contributed by atoms with Crippen LogP contribution in [0.5, 0.6) is 0 Å². The average molecular weight is 155 g/mol. The molecule has 0 heterocycles. The Bertz CT molecular complexity index is 194. The Morgan fingerprint density at radius 3 is 2.64 bits per heavy atom. The molecule has 1 rings (SSSR count). The van der Waals surface area contributed by atoms with Crippen LogP contribution in [0.1, 0.15) is 19.8 Å². The third kappa shape index (κ3) is 2.35. The Kier molecular flexibility index (Phi) is 2.00. The summed E-state index contributed by atoms with van der Waals surface area (Å²) in [6.07, 6.45) is 2.28. The third-order valence-electron chi connectivity index (χ3n) is 2.03.